The molecule has 0 radical (unpaired) electrons. The summed E-state index contributed by atoms with van der Waals surface area (Å²) < 4.78 is 10.5. The molecule has 0 saturated heterocycles. The third kappa shape index (κ3) is 4.94. The largest absolute Gasteiger partial charge is 0.464 e. The fourth-order valence-corrected chi connectivity index (χ4v) is 2.28. The molecule has 0 heterocycles. The average Bonchev–Trinajstić information content (AvgIpc) is 2.38. The second kappa shape index (κ2) is 7.10. The molecule has 0 spiro atoms. The minimum Gasteiger partial charge on any atom is -0.464 e. The Hall–Kier alpha value is -0.610. The lowest BCUT2D eigenvalue weighted by atomic mass is 9.84. The van der Waals surface area contributed by atoms with Gasteiger partial charge in [0.25, 0.3) is 0 Å². The first-order valence-electron chi connectivity index (χ1n) is 6.93. The Bertz CT molecular complexity index is 260. The molecule has 0 bridgehead atoms. The number of ether oxygens (including phenoxy) is 2. The van der Waals surface area contributed by atoms with E-state index in [1.807, 2.05) is 13.8 Å². The van der Waals surface area contributed by atoms with Gasteiger partial charge in [-0.2, -0.15) is 0 Å². The van der Waals surface area contributed by atoms with Crippen molar-refractivity contribution in [1.82, 2.24) is 0 Å². The normalized spacial score (nSPS) is 19.6. The van der Waals surface area contributed by atoms with Crippen LogP contribution in [0, 0.1) is 5.92 Å². The van der Waals surface area contributed by atoms with Gasteiger partial charge in [0, 0.05) is 13.5 Å². The Balaban J connectivity index is 2.27. The van der Waals surface area contributed by atoms with Crippen LogP contribution in [0.4, 0.5) is 0 Å². The van der Waals surface area contributed by atoms with Gasteiger partial charge in [-0.3, -0.25) is 4.79 Å². The summed E-state index contributed by atoms with van der Waals surface area (Å²) in [6.45, 7) is 4.32. The van der Waals surface area contributed by atoms with Crippen LogP contribution in [0.2, 0.25) is 0 Å². The number of hydrogen-bond donors (Lipinski definition) is 1. The zero-order chi connectivity index (χ0) is 13.6. The maximum atomic E-state index is 11.8. The Morgan fingerprint density at radius 3 is 2.50 bits per heavy atom. The van der Waals surface area contributed by atoms with Crippen LogP contribution in [0.5, 0.6) is 0 Å². The van der Waals surface area contributed by atoms with Crippen molar-refractivity contribution in [2.24, 2.45) is 11.7 Å². The van der Waals surface area contributed by atoms with Crippen LogP contribution in [0.3, 0.4) is 0 Å². The molecule has 0 aromatic rings. The van der Waals surface area contributed by atoms with Gasteiger partial charge in [-0.1, -0.05) is 19.3 Å². The van der Waals surface area contributed by atoms with Gasteiger partial charge in [0.05, 0.1) is 12.2 Å². The van der Waals surface area contributed by atoms with E-state index in [1.165, 1.54) is 19.3 Å². The standard InChI is InChI=1S/C14H27NO3/c1-14(2,17-3)9-10-18-13(16)12(15)11-7-5-4-6-8-11/h11-12H,4-10,15H2,1-3H3. The van der Waals surface area contributed by atoms with Gasteiger partial charge in [0.15, 0.2) is 0 Å². The summed E-state index contributed by atoms with van der Waals surface area (Å²) in [4.78, 5) is 11.8. The zero-order valence-electron chi connectivity index (χ0n) is 11.9. The average molecular weight is 257 g/mol. The van der Waals surface area contributed by atoms with Crippen molar-refractivity contribution in [3.05, 3.63) is 0 Å². The lowest BCUT2D eigenvalue weighted by Gasteiger charge is -2.27. The van der Waals surface area contributed by atoms with Crippen molar-refractivity contribution in [3.8, 4) is 0 Å². The number of carbonyl (C=O) groups is 1. The topological polar surface area (TPSA) is 61.5 Å². The van der Waals surface area contributed by atoms with Crippen molar-refractivity contribution in [1.29, 1.82) is 0 Å². The lowest BCUT2D eigenvalue weighted by molar-refractivity contribution is -0.148. The molecular formula is C14H27NO3. The molecule has 4 heteroatoms. The van der Waals surface area contributed by atoms with Gasteiger partial charge in [0.2, 0.25) is 0 Å². The predicted octanol–water partition coefficient (Wildman–Crippen LogP) is 2.25. The molecular weight excluding hydrogens is 230 g/mol. The molecule has 1 saturated carbocycles. The van der Waals surface area contributed by atoms with E-state index in [0.717, 1.165) is 12.8 Å². The Morgan fingerprint density at radius 1 is 1.33 bits per heavy atom. The van der Waals surface area contributed by atoms with Crippen LogP contribution in [0.25, 0.3) is 0 Å². The number of esters is 1. The quantitative estimate of drug-likeness (QED) is 0.741. The third-order valence-electron chi connectivity index (χ3n) is 3.93. The van der Waals surface area contributed by atoms with Crippen LogP contribution in [-0.4, -0.2) is 31.3 Å². The summed E-state index contributed by atoms with van der Waals surface area (Å²) in [5.74, 6) is 0.0514. The molecule has 2 N–H and O–H groups in total. The summed E-state index contributed by atoms with van der Waals surface area (Å²) in [5, 5.41) is 0. The molecule has 0 aromatic carbocycles. The maximum Gasteiger partial charge on any atom is 0.323 e. The van der Waals surface area contributed by atoms with E-state index >= 15 is 0 Å². The van der Waals surface area contributed by atoms with Crippen molar-refractivity contribution >= 4 is 5.97 Å². The summed E-state index contributed by atoms with van der Waals surface area (Å²) in [6.07, 6.45) is 6.43. The minimum absolute atomic E-state index is 0.255. The van der Waals surface area contributed by atoms with Crippen molar-refractivity contribution in [3.63, 3.8) is 0 Å². The lowest BCUT2D eigenvalue weighted by Crippen LogP contribution is -2.40. The first-order chi connectivity index (χ1) is 8.46. The number of nitrogens with two attached hydrogens (primary N) is 1. The Kier molecular flexibility index (Phi) is 6.09. The van der Waals surface area contributed by atoms with Crippen LogP contribution >= 0.6 is 0 Å². The molecule has 1 aliphatic carbocycles. The van der Waals surface area contributed by atoms with E-state index in [1.54, 1.807) is 7.11 Å². The van der Waals surface area contributed by atoms with Gasteiger partial charge < -0.3 is 15.2 Å². The van der Waals surface area contributed by atoms with E-state index in [9.17, 15) is 4.79 Å². The van der Waals surface area contributed by atoms with E-state index in [0.29, 0.717) is 18.9 Å². The van der Waals surface area contributed by atoms with Crippen LogP contribution < -0.4 is 5.73 Å². The first kappa shape index (κ1) is 15.4. The Labute approximate surface area is 110 Å². The summed E-state index contributed by atoms with van der Waals surface area (Å²) in [6, 6.07) is -0.448. The molecule has 1 fully saturated rings. The highest BCUT2D eigenvalue weighted by molar-refractivity contribution is 5.75. The van der Waals surface area contributed by atoms with E-state index in [-0.39, 0.29) is 11.6 Å². The summed E-state index contributed by atoms with van der Waals surface area (Å²) >= 11 is 0. The van der Waals surface area contributed by atoms with E-state index in [2.05, 4.69) is 0 Å². The fourth-order valence-electron chi connectivity index (χ4n) is 2.28. The van der Waals surface area contributed by atoms with Gasteiger partial charge >= 0.3 is 5.97 Å². The first-order valence-corrected chi connectivity index (χ1v) is 6.93. The van der Waals surface area contributed by atoms with Crippen molar-refractivity contribution in [2.75, 3.05) is 13.7 Å². The number of methoxy groups -OCH3 is 1. The highest BCUT2D eigenvalue weighted by Crippen LogP contribution is 2.26. The summed E-state index contributed by atoms with van der Waals surface area (Å²) in [5.41, 5.74) is 5.71. The predicted molar refractivity (Wildman–Crippen MR) is 71.2 cm³/mol. The summed E-state index contributed by atoms with van der Waals surface area (Å²) in [7, 11) is 1.66. The fraction of sp³-hybridized carbons (Fsp3) is 0.929. The number of hydrogen-bond acceptors (Lipinski definition) is 4. The molecule has 106 valence electrons. The zero-order valence-corrected chi connectivity index (χ0v) is 11.9. The molecule has 0 aromatic heterocycles. The van der Waals surface area contributed by atoms with Crippen LogP contribution in [0.1, 0.15) is 52.4 Å². The highest BCUT2D eigenvalue weighted by atomic mass is 16.5. The van der Waals surface area contributed by atoms with Gasteiger partial charge in [-0.25, -0.2) is 0 Å². The molecule has 1 rings (SSSR count). The smallest absolute Gasteiger partial charge is 0.323 e. The molecule has 0 amide bonds. The van der Waals surface area contributed by atoms with Crippen LogP contribution in [0.15, 0.2) is 0 Å². The number of rotatable bonds is 6. The maximum absolute atomic E-state index is 11.8. The van der Waals surface area contributed by atoms with Gasteiger partial charge in [-0.15, -0.1) is 0 Å². The molecule has 1 unspecified atom stereocenters. The SMILES string of the molecule is COC(C)(C)CCOC(=O)C(N)C1CCCCC1. The second-order valence-electron chi connectivity index (χ2n) is 5.81. The van der Waals surface area contributed by atoms with Gasteiger partial charge in [0.1, 0.15) is 6.04 Å². The van der Waals surface area contributed by atoms with E-state index in [4.69, 9.17) is 15.2 Å². The molecule has 1 aliphatic rings. The van der Waals surface area contributed by atoms with E-state index < -0.39 is 6.04 Å². The third-order valence-corrected chi connectivity index (χ3v) is 3.93. The minimum atomic E-state index is -0.448. The molecule has 18 heavy (non-hydrogen) atoms. The molecule has 0 aliphatic heterocycles. The van der Waals surface area contributed by atoms with Crippen LogP contribution in [-0.2, 0) is 14.3 Å². The highest BCUT2D eigenvalue weighted by Gasteiger charge is 2.27. The molecule has 4 nitrogen and oxygen atoms in total. The van der Waals surface area contributed by atoms with Crippen molar-refractivity contribution < 1.29 is 14.3 Å². The second-order valence-corrected chi connectivity index (χ2v) is 5.81. The number of carbonyl (C=O) groups excluding carboxylic acids is 1. The Morgan fingerprint density at radius 2 is 1.94 bits per heavy atom. The van der Waals surface area contributed by atoms with Gasteiger partial charge in [-0.05, 0) is 32.6 Å². The monoisotopic (exact) mass is 257 g/mol. The van der Waals surface area contributed by atoms with Crippen molar-refractivity contribution in [2.45, 2.75) is 64.0 Å². The molecule has 1 atom stereocenters.